The molecule has 96 valence electrons. The molecule has 0 radical (unpaired) electrons. The van der Waals surface area contributed by atoms with Gasteiger partial charge in [-0.05, 0) is 43.4 Å². The van der Waals surface area contributed by atoms with E-state index in [2.05, 4.69) is 25.8 Å². The number of anilines is 1. The van der Waals surface area contributed by atoms with Gasteiger partial charge in [-0.2, -0.15) is 5.10 Å². The summed E-state index contributed by atoms with van der Waals surface area (Å²) in [5.41, 5.74) is 4.59. The quantitative estimate of drug-likeness (QED) is 0.509. The molecule has 5 nitrogen and oxygen atoms in total. The minimum Gasteiger partial charge on any atom is -0.316 e. The Morgan fingerprint density at radius 2 is 1.95 bits per heavy atom. The molecule has 0 saturated carbocycles. The maximum atomic E-state index is 5.12. The molecular weight excluding hydrogens is 258 g/mol. The van der Waals surface area contributed by atoms with Crippen molar-refractivity contribution < 1.29 is 0 Å². The standard InChI is InChI=1S/C13H13N5S/c1-10(11-5-8-14-9-6-11)17-18-13(19)16-12-4-2-3-7-15-12/h2-9H,1H3,(H2,15,16,18,19)/b17-10-. The molecule has 0 atom stereocenters. The molecule has 0 aliphatic heterocycles. The van der Waals surface area contributed by atoms with Crippen LogP contribution in [0.25, 0.3) is 0 Å². The molecule has 2 aromatic heterocycles. The van der Waals surface area contributed by atoms with E-state index >= 15 is 0 Å². The first kappa shape index (κ1) is 13.1. The first-order chi connectivity index (χ1) is 9.25. The van der Waals surface area contributed by atoms with Gasteiger partial charge in [-0.3, -0.25) is 10.4 Å². The summed E-state index contributed by atoms with van der Waals surface area (Å²) >= 11 is 5.12. The summed E-state index contributed by atoms with van der Waals surface area (Å²) in [6.07, 6.45) is 5.13. The zero-order valence-electron chi connectivity index (χ0n) is 10.4. The van der Waals surface area contributed by atoms with Gasteiger partial charge in [-0.25, -0.2) is 4.98 Å². The van der Waals surface area contributed by atoms with E-state index in [0.717, 1.165) is 11.3 Å². The molecule has 0 fully saturated rings. The molecule has 6 heteroatoms. The van der Waals surface area contributed by atoms with Crippen LogP contribution in [0.5, 0.6) is 0 Å². The number of hydrogen-bond donors (Lipinski definition) is 2. The lowest BCUT2D eigenvalue weighted by molar-refractivity contribution is 1.03. The first-order valence-electron chi connectivity index (χ1n) is 5.68. The van der Waals surface area contributed by atoms with Crippen molar-refractivity contribution in [1.82, 2.24) is 15.4 Å². The molecule has 2 heterocycles. The van der Waals surface area contributed by atoms with E-state index in [0.29, 0.717) is 10.9 Å². The van der Waals surface area contributed by atoms with Gasteiger partial charge in [0, 0.05) is 24.2 Å². The Bertz CT molecular complexity index is 568. The number of pyridine rings is 2. The van der Waals surface area contributed by atoms with Crippen LogP contribution < -0.4 is 10.7 Å². The van der Waals surface area contributed by atoms with Gasteiger partial charge in [-0.15, -0.1) is 0 Å². The summed E-state index contributed by atoms with van der Waals surface area (Å²) in [6.45, 7) is 1.89. The fourth-order valence-corrected chi connectivity index (χ4v) is 1.52. The van der Waals surface area contributed by atoms with Crippen LogP contribution in [0, 0.1) is 0 Å². The SMILES string of the molecule is C/C(=N/NC(=S)Nc1ccccn1)c1ccncc1. The molecule has 2 aromatic rings. The van der Waals surface area contributed by atoms with Crippen LogP contribution in [0.2, 0.25) is 0 Å². The Kier molecular flexibility index (Phi) is 4.52. The highest BCUT2D eigenvalue weighted by atomic mass is 32.1. The lowest BCUT2D eigenvalue weighted by Gasteiger charge is -2.06. The molecule has 0 aliphatic rings. The molecule has 0 amide bonds. The third kappa shape index (κ3) is 4.11. The van der Waals surface area contributed by atoms with E-state index in [1.807, 2.05) is 37.3 Å². The molecular formula is C13H13N5S. The average Bonchev–Trinajstić information content (AvgIpc) is 2.47. The highest BCUT2D eigenvalue weighted by Crippen LogP contribution is 2.00. The fraction of sp³-hybridized carbons (Fsp3) is 0.0769. The molecule has 0 aliphatic carbocycles. The zero-order valence-corrected chi connectivity index (χ0v) is 11.2. The van der Waals surface area contributed by atoms with Crippen LogP contribution in [0.1, 0.15) is 12.5 Å². The molecule has 0 saturated heterocycles. The number of nitrogens with one attached hydrogen (secondary N) is 2. The summed E-state index contributed by atoms with van der Waals surface area (Å²) in [5, 5.41) is 7.53. The van der Waals surface area contributed by atoms with E-state index in [1.165, 1.54) is 0 Å². The smallest absolute Gasteiger partial charge is 0.192 e. The lowest BCUT2D eigenvalue weighted by atomic mass is 10.2. The Morgan fingerprint density at radius 3 is 2.63 bits per heavy atom. The van der Waals surface area contributed by atoms with Crippen LogP contribution in [-0.4, -0.2) is 20.8 Å². The second-order valence-corrected chi connectivity index (χ2v) is 4.12. The first-order valence-corrected chi connectivity index (χ1v) is 6.09. The summed E-state index contributed by atoms with van der Waals surface area (Å²) in [4.78, 5) is 8.07. The second-order valence-electron chi connectivity index (χ2n) is 3.71. The van der Waals surface area contributed by atoms with Crippen LogP contribution in [0.4, 0.5) is 5.82 Å². The molecule has 0 unspecified atom stereocenters. The third-order valence-corrected chi connectivity index (χ3v) is 2.52. The second kappa shape index (κ2) is 6.55. The predicted octanol–water partition coefficient (Wildman–Crippen LogP) is 2.19. The Hall–Kier alpha value is -2.34. The fourth-order valence-electron chi connectivity index (χ4n) is 1.37. The maximum Gasteiger partial charge on any atom is 0.192 e. The van der Waals surface area contributed by atoms with Gasteiger partial charge in [0.25, 0.3) is 0 Å². The van der Waals surface area contributed by atoms with Crippen molar-refractivity contribution in [3.63, 3.8) is 0 Å². The van der Waals surface area contributed by atoms with Crippen molar-refractivity contribution in [3.8, 4) is 0 Å². The summed E-state index contributed by atoms with van der Waals surface area (Å²) in [6, 6.07) is 9.32. The summed E-state index contributed by atoms with van der Waals surface area (Å²) < 4.78 is 0. The van der Waals surface area contributed by atoms with Crippen LogP contribution in [0.15, 0.2) is 54.0 Å². The summed E-state index contributed by atoms with van der Waals surface area (Å²) in [5.74, 6) is 0.678. The van der Waals surface area contributed by atoms with Crippen molar-refractivity contribution in [2.45, 2.75) is 6.92 Å². The molecule has 19 heavy (non-hydrogen) atoms. The molecule has 0 bridgehead atoms. The van der Waals surface area contributed by atoms with Gasteiger partial charge in [0.05, 0.1) is 5.71 Å². The third-order valence-electron chi connectivity index (χ3n) is 2.33. The van der Waals surface area contributed by atoms with Gasteiger partial charge < -0.3 is 5.32 Å². The van der Waals surface area contributed by atoms with Gasteiger partial charge >= 0.3 is 0 Å². The van der Waals surface area contributed by atoms with Crippen molar-refractivity contribution in [3.05, 3.63) is 54.5 Å². The van der Waals surface area contributed by atoms with Crippen LogP contribution in [0.3, 0.4) is 0 Å². The van der Waals surface area contributed by atoms with Gasteiger partial charge in [0.15, 0.2) is 5.11 Å². The van der Waals surface area contributed by atoms with Gasteiger partial charge in [-0.1, -0.05) is 6.07 Å². The lowest BCUT2D eigenvalue weighted by Crippen LogP contribution is -2.25. The maximum absolute atomic E-state index is 5.12. The number of hydrazone groups is 1. The largest absolute Gasteiger partial charge is 0.316 e. The molecule has 2 rings (SSSR count). The van der Waals surface area contributed by atoms with Crippen molar-refractivity contribution in [1.29, 1.82) is 0 Å². The van der Waals surface area contributed by atoms with E-state index in [9.17, 15) is 0 Å². The van der Waals surface area contributed by atoms with Crippen molar-refractivity contribution in [2.24, 2.45) is 5.10 Å². The highest BCUT2D eigenvalue weighted by molar-refractivity contribution is 7.80. The van der Waals surface area contributed by atoms with Gasteiger partial charge in [0.2, 0.25) is 0 Å². The van der Waals surface area contributed by atoms with Crippen molar-refractivity contribution >= 4 is 28.9 Å². The van der Waals surface area contributed by atoms with E-state index in [1.54, 1.807) is 18.6 Å². The van der Waals surface area contributed by atoms with Crippen LogP contribution in [-0.2, 0) is 0 Å². The number of hydrogen-bond acceptors (Lipinski definition) is 4. The molecule has 0 aromatic carbocycles. The van der Waals surface area contributed by atoms with Crippen LogP contribution >= 0.6 is 12.2 Å². The minimum absolute atomic E-state index is 0.395. The Labute approximate surface area is 116 Å². The minimum atomic E-state index is 0.395. The van der Waals surface area contributed by atoms with Crippen molar-refractivity contribution in [2.75, 3.05) is 5.32 Å². The van der Waals surface area contributed by atoms with Gasteiger partial charge in [0.1, 0.15) is 5.82 Å². The topological polar surface area (TPSA) is 62.2 Å². The number of rotatable bonds is 3. The number of thiocarbonyl (C=S) groups is 1. The monoisotopic (exact) mass is 271 g/mol. The van der Waals surface area contributed by atoms with E-state index in [-0.39, 0.29) is 0 Å². The van der Waals surface area contributed by atoms with E-state index < -0.39 is 0 Å². The molecule has 2 N–H and O–H groups in total. The highest BCUT2D eigenvalue weighted by Gasteiger charge is 1.98. The molecule has 0 spiro atoms. The zero-order chi connectivity index (χ0) is 13.5. The number of aromatic nitrogens is 2. The predicted molar refractivity (Wildman–Crippen MR) is 80.0 cm³/mol. The van der Waals surface area contributed by atoms with E-state index in [4.69, 9.17) is 12.2 Å². The number of nitrogens with zero attached hydrogens (tertiary/aromatic N) is 3. The average molecular weight is 271 g/mol. The normalized spacial score (nSPS) is 10.9. The summed E-state index contributed by atoms with van der Waals surface area (Å²) in [7, 11) is 0. The Morgan fingerprint density at radius 1 is 1.16 bits per heavy atom. The Balaban J connectivity index is 1.93.